The number of anilines is 1. The van der Waals surface area contributed by atoms with Crippen molar-refractivity contribution in [1.82, 2.24) is 5.32 Å². The van der Waals surface area contributed by atoms with Crippen molar-refractivity contribution in [2.24, 2.45) is 0 Å². The Balaban J connectivity index is 1.81. The lowest BCUT2D eigenvalue weighted by molar-refractivity contribution is 0.688. The van der Waals surface area contributed by atoms with Crippen molar-refractivity contribution in [3.63, 3.8) is 0 Å². The van der Waals surface area contributed by atoms with E-state index in [2.05, 4.69) is 60.7 Å². The number of hydrogen-bond donors (Lipinski definition) is 1. The molecule has 0 unspecified atom stereocenters. The molecule has 0 heterocycles. The van der Waals surface area contributed by atoms with Gasteiger partial charge >= 0.3 is 0 Å². The molecular formula is C18H21ClN2. The van der Waals surface area contributed by atoms with E-state index in [0.29, 0.717) is 6.04 Å². The summed E-state index contributed by atoms with van der Waals surface area (Å²) in [5.74, 6) is 0. The van der Waals surface area contributed by atoms with E-state index in [0.717, 1.165) is 11.6 Å². The van der Waals surface area contributed by atoms with Crippen LogP contribution in [0.1, 0.15) is 18.4 Å². The van der Waals surface area contributed by atoms with Gasteiger partial charge in [-0.15, -0.1) is 0 Å². The Labute approximate surface area is 131 Å². The van der Waals surface area contributed by atoms with Crippen LogP contribution >= 0.6 is 11.6 Å². The maximum Gasteiger partial charge on any atom is 0.0451 e. The highest BCUT2D eigenvalue weighted by Gasteiger charge is 2.20. The molecule has 2 aromatic carbocycles. The van der Waals surface area contributed by atoms with E-state index in [1.54, 1.807) is 0 Å². The molecule has 2 nitrogen and oxygen atoms in total. The lowest BCUT2D eigenvalue weighted by Crippen LogP contribution is -2.15. The van der Waals surface area contributed by atoms with Crippen LogP contribution in [0.15, 0.2) is 42.5 Å². The van der Waals surface area contributed by atoms with E-state index in [4.69, 9.17) is 11.6 Å². The molecule has 0 atom stereocenters. The first-order chi connectivity index (χ1) is 10.1. The third kappa shape index (κ3) is 3.58. The van der Waals surface area contributed by atoms with Crippen LogP contribution < -0.4 is 10.2 Å². The lowest BCUT2D eigenvalue weighted by atomic mass is 10.0. The van der Waals surface area contributed by atoms with Crippen LogP contribution in [0.3, 0.4) is 0 Å². The Morgan fingerprint density at radius 2 is 1.71 bits per heavy atom. The fourth-order valence-electron chi connectivity index (χ4n) is 2.38. The van der Waals surface area contributed by atoms with E-state index < -0.39 is 0 Å². The second-order valence-electron chi connectivity index (χ2n) is 5.90. The zero-order chi connectivity index (χ0) is 14.8. The maximum absolute atomic E-state index is 6.31. The Hall–Kier alpha value is -1.51. The highest BCUT2D eigenvalue weighted by Crippen LogP contribution is 2.28. The molecule has 1 saturated carbocycles. The molecular weight excluding hydrogens is 280 g/mol. The van der Waals surface area contributed by atoms with Crippen molar-refractivity contribution < 1.29 is 0 Å². The van der Waals surface area contributed by atoms with Gasteiger partial charge in [0.2, 0.25) is 0 Å². The lowest BCUT2D eigenvalue weighted by Gasteiger charge is -2.13. The van der Waals surface area contributed by atoms with Gasteiger partial charge in [-0.25, -0.2) is 0 Å². The molecule has 0 spiro atoms. The van der Waals surface area contributed by atoms with E-state index >= 15 is 0 Å². The highest BCUT2D eigenvalue weighted by atomic mass is 35.5. The molecule has 21 heavy (non-hydrogen) atoms. The summed E-state index contributed by atoms with van der Waals surface area (Å²) in [6.07, 6.45) is 2.59. The van der Waals surface area contributed by atoms with Crippen molar-refractivity contribution in [2.45, 2.75) is 25.4 Å². The molecule has 1 fully saturated rings. The summed E-state index contributed by atoms with van der Waals surface area (Å²) in [4.78, 5) is 2.11. The molecule has 0 radical (unpaired) electrons. The van der Waals surface area contributed by atoms with E-state index in [-0.39, 0.29) is 0 Å². The van der Waals surface area contributed by atoms with Crippen LogP contribution in [0.2, 0.25) is 5.02 Å². The summed E-state index contributed by atoms with van der Waals surface area (Å²) in [5, 5.41) is 4.37. The fourth-order valence-corrected chi connectivity index (χ4v) is 2.57. The third-order valence-corrected chi connectivity index (χ3v) is 4.29. The van der Waals surface area contributed by atoms with Crippen LogP contribution in [-0.4, -0.2) is 20.1 Å². The van der Waals surface area contributed by atoms with Crippen molar-refractivity contribution >= 4 is 17.3 Å². The SMILES string of the molecule is CN(C)c1ccc(-c2ccc(Cl)c(CNC3CC3)c2)cc1. The van der Waals surface area contributed by atoms with Crippen LogP contribution in [0.5, 0.6) is 0 Å². The van der Waals surface area contributed by atoms with E-state index in [9.17, 15) is 0 Å². The summed E-state index contributed by atoms with van der Waals surface area (Å²) in [5.41, 5.74) is 4.84. The Kier molecular flexibility index (Phi) is 4.18. The van der Waals surface area contributed by atoms with Crippen molar-refractivity contribution in [2.75, 3.05) is 19.0 Å². The van der Waals surface area contributed by atoms with Gasteiger partial charge in [0.15, 0.2) is 0 Å². The van der Waals surface area contributed by atoms with E-state index in [1.807, 2.05) is 6.07 Å². The standard InChI is InChI=1S/C18H21ClN2/c1-21(2)17-8-3-13(4-9-17)14-5-10-18(19)15(11-14)12-20-16-6-7-16/h3-5,8-11,16,20H,6-7,12H2,1-2H3. The fraction of sp³-hybridized carbons (Fsp3) is 0.333. The second-order valence-corrected chi connectivity index (χ2v) is 6.31. The molecule has 0 saturated heterocycles. The number of hydrogen-bond acceptors (Lipinski definition) is 2. The molecule has 3 rings (SSSR count). The van der Waals surface area contributed by atoms with Crippen LogP contribution in [0.25, 0.3) is 11.1 Å². The van der Waals surface area contributed by atoms with Crippen molar-refractivity contribution in [3.05, 3.63) is 53.1 Å². The summed E-state index contributed by atoms with van der Waals surface area (Å²) in [6.45, 7) is 0.854. The minimum atomic E-state index is 0.698. The van der Waals surface area contributed by atoms with E-state index in [1.165, 1.54) is 35.2 Å². The molecule has 1 aliphatic rings. The molecule has 0 aliphatic heterocycles. The van der Waals surface area contributed by atoms with Gasteiger partial charge in [-0.05, 0) is 53.8 Å². The Morgan fingerprint density at radius 3 is 2.33 bits per heavy atom. The van der Waals surface area contributed by atoms with Crippen molar-refractivity contribution in [3.8, 4) is 11.1 Å². The predicted octanol–water partition coefficient (Wildman–Crippen LogP) is 4.33. The van der Waals surface area contributed by atoms with Gasteiger partial charge < -0.3 is 10.2 Å². The zero-order valence-corrected chi connectivity index (χ0v) is 13.3. The first kappa shape index (κ1) is 14.4. The quantitative estimate of drug-likeness (QED) is 0.884. The molecule has 0 aromatic heterocycles. The van der Waals surface area contributed by atoms with Crippen LogP contribution in [0, 0.1) is 0 Å². The average molecular weight is 301 g/mol. The Morgan fingerprint density at radius 1 is 1.05 bits per heavy atom. The smallest absolute Gasteiger partial charge is 0.0451 e. The largest absolute Gasteiger partial charge is 0.378 e. The molecule has 3 heteroatoms. The summed E-state index contributed by atoms with van der Waals surface area (Å²) >= 11 is 6.31. The minimum absolute atomic E-state index is 0.698. The Bertz CT molecular complexity index is 616. The molecule has 1 aliphatic carbocycles. The second kappa shape index (κ2) is 6.08. The first-order valence-corrected chi connectivity index (χ1v) is 7.81. The monoisotopic (exact) mass is 300 g/mol. The number of nitrogens with one attached hydrogen (secondary N) is 1. The van der Waals surface area contributed by atoms with Gasteiger partial charge in [0, 0.05) is 37.4 Å². The normalized spacial score (nSPS) is 14.2. The summed E-state index contributed by atoms with van der Waals surface area (Å²) in [7, 11) is 4.11. The number of nitrogens with zero attached hydrogens (tertiary/aromatic N) is 1. The number of rotatable bonds is 5. The van der Waals surface area contributed by atoms with Gasteiger partial charge in [-0.3, -0.25) is 0 Å². The van der Waals surface area contributed by atoms with Gasteiger partial charge in [-0.2, -0.15) is 0 Å². The van der Waals surface area contributed by atoms with Crippen molar-refractivity contribution in [1.29, 1.82) is 0 Å². The third-order valence-electron chi connectivity index (χ3n) is 3.92. The first-order valence-electron chi connectivity index (χ1n) is 7.43. The van der Waals surface area contributed by atoms with Gasteiger partial charge in [0.05, 0.1) is 0 Å². The van der Waals surface area contributed by atoms with Gasteiger partial charge in [-0.1, -0.05) is 29.8 Å². The molecule has 110 valence electrons. The summed E-state index contributed by atoms with van der Waals surface area (Å²) < 4.78 is 0. The number of halogens is 1. The molecule has 0 amide bonds. The molecule has 1 N–H and O–H groups in total. The molecule has 0 bridgehead atoms. The van der Waals surface area contributed by atoms with Crippen LogP contribution in [-0.2, 0) is 6.54 Å². The maximum atomic E-state index is 6.31. The predicted molar refractivity (Wildman–Crippen MR) is 91.1 cm³/mol. The minimum Gasteiger partial charge on any atom is -0.378 e. The van der Waals surface area contributed by atoms with Gasteiger partial charge in [0.1, 0.15) is 0 Å². The highest BCUT2D eigenvalue weighted by molar-refractivity contribution is 6.31. The van der Waals surface area contributed by atoms with Gasteiger partial charge in [0.25, 0.3) is 0 Å². The number of benzene rings is 2. The molecule has 2 aromatic rings. The average Bonchev–Trinajstić information content (AvgIpc) is 3.31. The zero-order valence-electron chi connectivity index (χ0n) is 12.6. The summed E-state index contributed by atoms with van der Waals surface area (Å²) in [6, 6.07) is 15.6. The van der Waals surface area contributed by atoms with Crippen LogP contribution in [0.4, 0.5) is 5.69 Å². The topological polar surface area (TPSA) is 15.3 Å².